The number of aromatic nitrogens is 6. The number of aromatic amines is 1. The quantitative estimate of drug-likeness (QED) is 0.692. The summed E-state index contributed by atoms with van der Waals surface area (Å²) in [6.07, 6.45) is 4.45. The Balaban J connectivity index is 2.10. The molecule has 0 saturated heterocycles. The van der Waals surface area contributed by atoms with Gasteiger partial charge in [-0.3, -0.25) is 9.89 Å². The highest BCUT2D eigenvalue weighted by Crippen LogP contribution is 2.03. The predicted octanol–water partition coefficient (Wildman–Crippen LogP) is 0.0130. The van der Waals surface area contributed by atoms with Gasteiger partial charge in [0.1, 0.15) is 6.07 Å². The van der Waals surface area contributed by atoms with Crippen molar-refractivity contribution in [1.82, 2.24) is 29.8 Å². The van der Waals surface area contributed by atoms with Crippen molar-refractivity contribution in [3.05, 3.63) is 52.8 Å². The standard InChI is InChI=1S/C11H7N7O/c12-5-8-7-17(16-15-8)9-6-14-18(11(9)19)10-3-1-2-4-13-10/h1-4,6-7,14H. The van der Waals surface area contributed by atoms with E-state index in [1.807, 2.05) is 6.07 Å². The molecule has 1 N–H and O–H groups in total. The third-order valence-corrected chi connectivity index (χ3v) is 2.49. The van der Waals surface area contributed by atoms with Crippen LogP contribution in [0.3, 0.4) is 0 Å². The van der Waals surface area contributed by atoms with Gasteiger partial charge in [0.15, 0.2) is 17.2 Å². The zero-order valence-electron chi connectivity index (χ0n) is 9.56. The number of H-pyrrole nitrogens is 1. The van der Waals surface area contributed by atoms with Gasteiger partial charge < -0.3 is 0 Å². The van der Waals surface area contributed by atoms with E-state index in [1.54, 1.807) is 24.4 Å². The summed E-state index contributed by atoms with van der Waals surface area (Å²) in [6, 6.07) is 7.08. The molecule has 0 atom stereocenters. The Morgan fingerprint density at radius 2 is 2.26 bits per heavy atom. The predicted molar refractivity (Wildman–Crippen MR) is 63.8 cm³/mol. The van der Waals surface area contributed by atoms with Gasteiger partial charge in [0.2, 0.25) is 0 Å². The summed E-state index contributed by atoms with van der Waals surface area (Å²) in [6.45, 7) is 0. The van der Waals surface area contributed by atoms with E-state index in [0.717, 1.165) is 0 Å². The minimum Gasteiger partial charge on any atom is -0.295 e. The van der Waals surface area contributed by atoms with Gasteiger partial charge >= 0.3 is 0 Å². The maximum atomic E-state index is 12.2. The van der Waals surface area contributed by atoms with Crippen molar-refractivity contribution < 1.29 is 0 Å². The molecule has 0 fully saturated rings. The van der Waals surface area contributed by atoms with Crippen LogP contribution < -0.4 is 5.56 Å². The first-order valence-electron chi connectivity index (χ1n) is 5.34. The highest BCUT2D eigenvalue weighted by Gasteiger charge is 2.11. The van der Waals surface area contributed by atoms with E-state index in [-0.39, 0.29) is 16.9 Å². The molecule has 0 unspecified atom stereocenters. The third-order valence-electron chi connectivity index (χ3n) is 2.49. The lowest BCUT2D eigenvalue weighted by atomic mass is 10.4. The summed E-state index contributed by atoms with van der Waals surface area (Å²) < 4.78 is 2.53. The van der Waals surface area contributed by atoms with E-state index in [0.29, 0.717) is 5.82 Å². The van der Waals surface area contributed by atoms with Crippen LogP contribution in [0.25, 0.3) is 11.5 Å². The number of nitrogens with zero attached hydrogens (tertiary/aromatic N) is 6. The highest BCUT2D eigenvalue weighted by atomic mass is 16.1. The van der Waals surface area contributed by atoms with E-state index >= 15 is 0 Å². The normalized spacial score (nSPS) is 10.3. The van der Waals surface area contributed by atoms with Crippen molar-refractivity contribution in [1.29, 1.82) is 5.26 Å². The Hall–Kier alpha value is -3.21. The van der Waals surface area contributed by atoms with Crippen molar-refractivity contribution >= 4 is 0 Å². The van der Waals surface area contributed by atoms with Crippen LogP contribution in [0.1, 0.15) is 5.69 Å². The second kappa shape index (κ2) is 4.23. The molecule has 0 aliphatic rings. The Bertz CT molecular complexity index is 805. The van der Waals surface area contributed by atoms with E-state index in [4.69, 9.17) is 5.26 Å². The zero-order valence-corrected chi connectivity index (χ0v) is 9.56. The lowest BCUT2D eigenvalue weighted by molar-refractivity contribution is 0.785. The monoisotopic (exact) mass is 253 g/mol. The van der Waals surface area contributed by atoms with Gasteiger partial charge in [0, 0.05) is 6.20 Å². The van der Waals surface area contributed by atoms with E-state index in [2.05, 4.69) is 20.4 Å². The molecule has 0 amide bonds. The van der Waals surface area contributed by atoms with Gasteiger partial charge in [-0.1, -0.05) is 11.3 Å². The molecule has 0 bridgehead atoms. The number of pyridine rings is 1. The fraction of sp³-hybridized carbons (Fsp3) is 0. The molecular formula is C11H7N7O. The first-order valence-corrected chi connectivity index (χ1v) is 5.34. The first kappa shape index (κ1) is 10.9. The van der Waals surface area contributed by atoms with Gasteiger partial charge in [-0.25, -0.2) is 9.67 Å². The summed E-state index contributed by atoms with van der Waals surface area (Å²) >= 11 is 0. The lowest BCUT2D eigenvalue weighted by Gasteiger charge is -1.97. The van der Waals surface area contributed by atoms with E-state index < -0.39 is 0 Å². The Morgan fingerprint density at radius 1 is 1.37 bits per heavy atom. The van der Waals surface area contributed by atoms with Crippen LogP contribution in [-0.2, 0) is 0 Å². The zero-order chi connectivity index (χ0) is 13.2. The molecule has 19 heavy (non-hydrogen) atoms. The second-order valence-electron chi connectivity index (χ2n) is 3.65. The van der Waals surface area contributed by atoms with Crippen LogP contribution in [-0.4, -0.2) is 29.8 Å². The van der Waals surface area contributed by atoms with Crippen LogP contribution in [0, 0.1) is 11.3 Å². The summed E-state index contributed by atoms with van der Waals surface area (Å²) in [4.78, 5) is 16.3. The third kappa shape index (κ3) is 1.79. The van der Waals surface area contributed by atoms with Crippen molar-refractivity contribution in [3.8, 4) is 17.6 Å². The molecule has 0 spiro atoms. The second-order valence-corrected chi connectivity index (χ2v) is 3.65. The molecule has 3 aromatic rings. The Labute approximate surface area is 106 Å². The van der Waals surface area contributed by atoms with Gasteiger partial charge in [0.25, 0.3) is 5.56 Å². The maximum Gasteiger partial charge on any atom is 0.298 e. The minimum absolute atomic E-state index is 0.144. The molecule has 3 aromatic heterocycles. The van der Waals surface area contributed by atoms with Crippen LogP contribution in [0.2, 0.25) is 0 Å². The smallest absolute Gasteiger partial charge is 0.295 e. The summed E-state index contributed by atoms with van der Waals surface area (Å²) in [7, 11) is 0. The first-order chi connectivity index (χ1) is 9.29. The van der Waals surface area contributed by atoms with E-state index in [9.17, 15) is 4.79 Å². The van der Waals surface area contributed by atoms with Gasteiger partial charge in [0.05, 0.1) is 12.4 Å². The van der Waals surface area contributed by atoms with Crippen molar-refractivity contribution in [2.45, 2.75) is 0 Å². The highest BCUT2D eigenvalue weighted by molar-refractivity contribution is 5.31. The number of hydrogen-bond donors (Lipinski definition) is 1. The van der Waals surface area contributed by atoms with Crippen molar-refractivity contribution in [3.63, 3.8) is 0 Å². The molecule has 0 aliphatic heterocycles. The fourth-order valence-corrected chi connectivity index (χ4v) is 1.61. The molecule has 3 rings (SSSR count). The molecule has 8 nitrogen and oxygen atoms in total. The topological polar surface area (TPSA) is 105 Å². The number of nitrogens with one attached hydrogen (secondary N) is 1. The number of hydrogen-bond acceptors (Lipinski definition) is 5. The van der Waals surface area contributed by atoms with Gasteiger partial charge in [-0.15, -0.1) is 5.10 Å². The molecule has 0 radical (unpaired) electrons. The summed E-state index contributed by atoms with van der Waals surface area (Å²) in [5.41, 5.74) is 0.0812. The SMILES string of the molecule is N#Cc1cn(-c2c[nH]n(-c3ccccn3)c2=O)nn1. The lowest BCUT2D eigenvalue weighted by Crippen LogP contribution is -2.19. The molecule has 0 aliphatic carbocycles. The molecule has 92 valence electrons. The van der Waals surface area contributed by atoms with Crippen LogP contribution >= 0.6 is 0 Å². The molecule has 0 aromatic carbocycles. The van der Waals surface area contributed by atoms with Crippen LogP contribution in [0.15, 0.2) is 41.6 Å². The van der Waals surface area contributed by atoms with Gasteiger partial charge in [-0.05, 0) is 12.1 Å². The van der Waals surface area contributed by atoms with Gasteiger partial charge in [-0.2, -0.15) is 9.94 Å². The maximum absolute atomic E-state index is 12.2. The van der Waals surface area contributed by atoms with Crippen molar-refractivity contribution in [2.75, 3.05) is 0 Å². The minimum atomic E-state index is -0.326. The molecule has 0 saturated carbocycles. The number of nitriles is 1. The summed E-state index contributed by atoms with van der Waals surface area (Å²) in [5, 5.41) is 18.8. The molecule has 3 heterocycles. The Morgan fingerprint density at radius 3 is 2.95 bits per heavy atom. The fourth-order valence-electron chi connectivity index (χ4n) is 1.61. The summed E-state index contributed by atoms with van der Waals surface area (Å²) in [5.74, 6) is 0.472. The van der Waals surface area contributed by atoms with Crippen LogP contribution in [0.5, 0.6) is 0 Å². The number of rotatable bonds is 2. The molecule has 8 heteroatoms. The largest absolute Gasteiger partial charge is 0.298 e. The van der Waals surface area contributed by atoms with E-state index in [1.165, 1.54) is 21.8 Å². The average molecular weight is 253 g/mol. The Kier molecular flexibility index (Phi) is 2.43. The molecular weight excluding hydrogens is 246 g/mol. The van der Waals surface area contributed by atoms with Crippen molar-refractivity contribution in [2.24, 2.45) is 0 Å². The average Bonchev–Trinajstić information content (AvgIpc) is 3.06. The van der Waals surface area contributed by atoms with Crippen LogP contribution in [0.4, 0.5) is 0 Å².